The third-order valence-electron chi connectivity index (χ3n) is 1.21. The molecule has 0 aromatic heterocycles. The Morgan fingerprint density at radius 2 is 1.62 bits per heavy atom. The largest absolute Gasteiger partial charge is 0.181 e. The molecular weight excluding hydrogens is 160 g/mol. The van der Waals surface area contributed by atoms with Crippen LogP contribution in [0.5, 0.6) is 0 Å². The van der Waals surface area contributed by atoms with Gasteiger partial charge in [0.2, 0.25) is 0 Å². The maximum absolute atomic E-state index is 7.26. The summed E-state index contributed by atoms with van der Waals surface area (Å²) in [4.78, 5) is 0. The van der Waals surface area contributed by atoms with Crippen molar-refractivity contribution in [3.63, 3.8) is 0 Å². The van der Waals surface area contributed by atoms with Gasteiger partial charge in [0.1, 0.15) is 0 Å². The van der Waals surface area contributed by atoms with E-state index in [1.807, 2.05) is 31.2 Å². The van der Waals surface area contributed by atoms with Crippen molar-refractivity contribution in [2.24, 2.45) is 0 Å². The van der Waals surface area contributed by atoms with Crippen LogP contribution in [-0.2, 0) is 0 Å². The van der Waals surface area contributed by atoms with Crippen LogP contribution in [0.3, 0.4) is 0 Å². The molecule has 0 fully saturated rings. The van der Waals surface area contributed by atoms with Gasteiger partial charge in [0.05, 0.1) is 0 Å². The van der Waals surface area contributed by atoms with Crippen LogP contribution in [0.1, 0.15) is 12.5 Å². The van der Waals surface area contributed by atoms with Gasteiger partial charge in [-0.25, -0.2) is 0 Å². The van der Waals surface area contributed by atoms with E-state index in [0.29, 0.717) is 0 Å². The van der Waals surface area contributed by atoms with Crippen molar-refractivity contribution in [2.75, 3.05) is 0 Å². The minimum Gasteiger partial charge on any atom is -0.181 e. The second kappa shape index (κ2) is 8.04. The van der Waals surface area contributed by atoms with Gasteiger partial charge in [0, 0.05) is 0 Å². The van der Waals surface area contributed by atoms with Gasteiger partial charge < -0.3 is 0 Å². The molecule has 0 bridgehead atoms. The molecule has 0 saturated heterocycles. The number of benzene rings is 1. The second-order valence-electron chi connectivity index (χ2n) is 2.13. The third-order valence-corrected chi connectivity index (χ3v) is 1.21. The molecular formula is C11H10N2. The molecule has 0 unspecified atom stereocenters. The molecule has 0 amide bonds. The fourth-order valence-corrected chi connectivity index (χ4v) is 0.757. The van der Waals surface area contributed by atoms with Gasteiger partial charge in [0.15, 0.2) is 12.1 Å². The zero-order chi connectivity index (χ0) is 9.94. The molecule has 1 rings (SSSR count). The Kier molecular flexibility index (Phi) is 6.77. The highest BCUT2D eigenvalue weighted by atomic mass is 14.3. The predicted octanol–water partition coefficient (Wildman–Crippen LogP) is 2.75. The van der Waals surface area contributed by atoms with E-state index in [9.17, 15) is 0 Å². The molecule has 2 heteroatoms. The molecule has 0 spiro atoms. The summed E-state index contributed by atoms with van der Waals surface area (Å²) in [5.41, 5.74) is 1.26. The number of nitriles is 2. The van der Waals surface area contributed by atoms with Crippen molar-refractivity contribution in [1.29, 1.82) is 10.5 Å². The molecule has 0 saturated carbocycles. The number of rotatable bonds is 1. The summed E-state index contributed by atoms with van der Waals surface area (Å²) in [6, 6.07) is 12.7. The van der Waals surface area contributed by atoms with Crippen molar-refractivity contribution in [2.45, 2.75) is 6.92 Å². The van der Waals surface area contributed by atoms with Crippen LogP contribution in [-0.4, -0.2) is 0 Å². The topological polar surface area (TPSA) is 47.6 Å². The quantitative estimate of drug-likeness (QED) is 0.650. The monoisotopic (exact) mass is 170 g/mol. The molecule has 0 aliphatic rings. The molecule has 0 heterocycles. The first kappa shape index (κ1) is 10.9. The summed E-state index contributed by atoms with van der Waals surface area (Å²) in [6.45, 7) is 2.02. The molecule has 1 aromatic rings. The number of nitrogens with zero attached hydrogens (tertiary/aromatic N) is 2. The molecule has 0 aliphatic heterocycles. The zero-order valence-corrected chi connectivity index (χ0v) is 7.44. The van der Waals surface area contributed by atoms with Crippen molar-refractivity contribution >= 4 is 6.08 Å². The maximum atomic E-state index is 7.26. The Balaban J connectivity index is 0.000000310. The highest BCUT2D eigenvalue weighted by molar-refractivity contribution is 5.47. The van der Waals surface area contributed by atoms with E-state index >= 15 is 0 Å². The van der Waals surface area contributed by atoms with Crippen molar-refractivity contribution in [1.82, 2.24) is 0 Å². The maximum Gasteiger partial charge on any atom is 0.181 e. The van der Waals surface area contributed by atoms with Crippen LogP contribution in [0.4, 0.5) is 0 Å². The highest BCUT2D eigenvalue weighted by Gasteiger charge is 1.77. The van der Waals surface area contributed by atoms with E-state index in [0.717, 1.165) is 0 Å². The van der Waals surface area contributed by atoms with E-state index < -0.39 is 0 Å². The SMILES string of the molecule is CC=Cc1ccccc1.N#CC#N. The number of allylic oxidation sites excluding steroid dienone is 1. The summed E-state index contributed by atoms with van der Waals surface area (Å²) >= 11 is 0. The summed E-state index contributed by atoms with van der Waals surface area (Å²) in [5.74, 6) is 0. The molecule has 0 atom stereocenters. The average Bonchev–Trinajstić information content (AvgIpc) is 2.20. The fourth-order valence-electron chi connectivity index (χ4n) is 0.757. The van der Waals surface area contributed by atoms with E-state index in [1.54, 1.807) is 0 Å². The van der Waals surface area contributed by atoms with Gasteiger partial charge in [-0.05, 0) is 12.5 Å². The summed E-state index contributed by atoms with van der Waals surface area (Å²) in [6.07, 6.45) is 4.12. The number of hydrogen-bond donors (Lipinski definition) is 0. The van der Waals surface area contributed by atoms with E-state index in [4.69, 9.17) is 10.5 Å². The van der Waals surface area contributed by atoms with Gasteiger partial charge in [-0.1, -0.05) is 42.5 Å². The molecule has 2 nitrogen and oxygen atoms in total. The lowest BCUT2D eigenvalue weighted by molar-refractivity contribution is 1.49. The highest BCUT2D eigenvalue weighted by Crippen LogP contribution is 1.99. The van der Waals surface area contributed by atoms with Gasteiger partial charge in [-0.15, -0.1) is 0 Å². The zero-order valence-electron chi connectivity index (χ0n) is 7.44. The van der Waals surface area contributed by atoms with Crippen molar-refractivity contribution in [3.8, 4) is 12.1 Å². The molecule has 13 heavy (non-hydrogen) atoms. The van der Waals surface area contributed by atoms with E-state index in [1.165, 1.54) is 17.7 Å². The van der Waals surface area contributed by atoms with Crippen molar-refractivity contribution < 1.29 is 0 Å². The Morgan fingerprint density at radius 3 is 2.00 bits per heavy atom. The van der Waals surface area contributed by atoms with E-state index in [-0.39, 0.29) is 0 Å². The molecule has 0 radical (unpaired) electrons. The van der Waals surface area contributed by atoms with Gasteiger partial charge >= 0.3 is 0 Å². The summed E-state index contributed by atoms with van der Waals surface area (Å²) in [7, 11) is 0. The van der Waals surface area contributed by atoms with Crippen LogP contribution in [0.25, 0.3) is 6.08 Å². The Morgan fingerprint density at radius 1 is 1.08 bits per heavy atom. The third kappa shape index (κ3) is 6.34. The number of hydrogen-bond acceptors (Lipinski definition) is 2. The van der Waals surface area contributed by atoms with Crippen LogP contribution in [0, 0.1) is 22.7 Å². The normalized spacial score (nSPS) is 7.92. The first-order valence-electron chi connectivity index (χ1n) is 3.81. The summed E-state index contributed by atoms with van der Waals surface area (Å²) in [5, 5.41) is 14.5. The lowest BCUT2D eigenvalue weighted by Gasteiger charge is -1.86. The van der Waals surface area contributed by atoms with Crippen LogP contribution in [0.15, 0.2) is 36.4 Å². The molecule has 0 aliphatic carbocycles. The van der Waals surface area contributed by atoms with Crippen LogP contribution in [0.2, 0.25) is 0 Å². The first-order valence-corrected chi connectivity index (χ1v) is 3.81. The predicted molar refractivity (Wildman–Crippen MR) is 52.4 cm³/mol. The van der Waals surface area contributed by atoms with Gasteiger partial charge in [-0.3, -0.25) is 0 Å². The average molecular weight is 170 g/mol. The second-order valence-corrected chi connectivity index (χ2v) is 2.13. The van der Waals surface area contributed by atoms with Crippen LogP contribution < -0.4 is 0 Å². The van der Waals surface area contributed by atoms with Gasteiger partial charge in [-0.2, -0.15) is 10.5 Å². The minimum atomic E-state index is 1.24. The molecule has 64 valence electrons. The van der Waals surface area contributed by atoms with Gasteiger partial charge in [0.25, 0.3) is 0 Å². The molecule has 1 aromatic carbocycles. The standard InChI is InChI=1S/C9H10.C2N2/c1-2-6-9-7-4-3-5-8-9;3-1-2-4/h2-8H,1H3;. The van der Waals surface area contributed by atoms with Crippen molar-refractivity contribution in [3.05, 3.63) is 42.0 Å². The summed E-state index contributed by atoms with van der Waals surface area (Å²) < 4.78 is 0. The minimum absolute atomic E-state index is 1.24. The fraction of sp³-hybridized carbons (Fsp3) is 0.0909. The van der Waals surface area contributed by atoms with E-state index in [2.05, 4.69) is 18.2 Å². The first-order chi connectivity index (χ1) is 6.35. The Bertz CT molecular complexity index is 313. The Labute approximate surface area is 78.4 Å². The lowest BCUT2D eigenvalue weighted by atomic mass is 10.2. The smallest absolute Gasteiger partial charge is 0.181 e. The molecule has 0 N–H and O–H groups in total. The van der Waals surface area contributed by atoms with Crippen LogP contribution >= 0.6 is 0 Å². The Hall–Kier alpha value is -2.06. The lowest BCUT2D eigenvalue weighted by Crippen LogP contribution is -1.65.